The van der Waals surface area contributed by atoms with Gasteiger partial charge in [0, 0.05) is 18.4 Å². The second-order valence-corrected chi connectivity index (χ2v) is 6.87. The van der Waals surface area contributed by atoms with Gasteiger partial charge in [-0.1, -0.05) is 35.5 Å². The number of nitrogens with zero attached hydrogens (tertiary/aromatic N) is 2. The molecule has 124 valence electrons. The van der Waals surface area contributed by atoms with Crippen molar-refractivity contribution in [1.82, 2.24) is 9.55 Å². The van der Waals surface area contributed by atoms with Crippen LogP contribution in [0.3, 0.4) is 0 Å². The van der Waals surface area contributed by atoms with Gasteiger partial charge in [0.2, 0.25) is 0 Å². The normalized spacial score (nSPS) is 10.8. The first-order valence-corrected chi connectivity index (χ1v) is 8.92. The van der Waals surface area contributed by atoms with Crippen molar-refractivity contribution in [3.05, 3.63) is 65.4 Å². The highest BCUT2D eigenvalue weighted by atomic mass is 32.2. The van der Waals surface area contributed by atoms with E-state index in [1.54, 1.807) is 18.9 Å². The zero-order valence-electron chi connectivity index (χ0n) is 14.5. The Hall–Kier alpha value is -2.20. The molecule has 0 aliphatic rings. The van der Waals surface area contributed by atoms with E-state index < -0.39 is 0 Å². The summed E-state index contributed by atoms with van der Waals surface area (Å²) in [6, 6.07) is 14.7. The van der Waals surface area contributed by atoms with E-state index in [0.717, 1.165) is 27.9 Å². The Morgan fingerprint density at radius 2 is 1.83 bits per heavy atom. The van der Waals surface area contributed by atoms with E-state index >= 15 is 0 Å². The Kier molecular flexibility index (Phi) is 4.95. The number of aryl methyl sites for hydroxylation is 2. The first kappa shape index (κ1) is 16.7. The minimum Gasteiger partial charge on any atom is -0.497 e. The lowest BCUT2D eigenvalue weighted by Crippen LogP contribution is -1.95. The Balaban J connectivity index is 1.78. The molecule has 1 heterocycles. The molecule has 3 nitrogen and oxygen atoms in total. The molecule has 3 aromatic rings. The third-order valence-corrected chi connectivity index (χ3v) is 5.29. The fraction of sp³-hybridized carbons (Fsp3) is 0.250. The van der Waals surface area contributed by atoms with Crippen LogP contribution in [-0.2, 0) is 12.8 Å². The van der Waals surface area contributed by atoms with Crippen molar-refractivity contribution in [1.29, 1.82) is 0 Å². The molecule has 4 heteroatoms. The van der Waals surface area contributed by atoms with Crippen molar-refractivity contribution in [3.8, 4) is 17.0 Å². The summed E-state index contributed by atoms with van der Waals surface area (Å²) < 4.78 is 7.37. The topological polar surface area (TPSA) is 27.1 Å². The maximum Gasteiger partial charge on any atom is 0.168 e. The Morgan fingerprint density at radius 3 is 2.54 bits per heavy atom. The number of methoxy groups -OCH3 is 1. The van der Waals surface area contributed by atoms with E-state index in [1.165, 1.54) is 16.7 Å². The zero-order chi connectivity index (χ0) is 17.1. The molecule has 2 aromatic carbocycles. The Morgan fingerprint density at radius 1 is 1.08 bits per heavy atom. The number of thioether (sulfide) groups is 1. The average Bonchev–Trinajstić information content (AvgIpc) is 2.96. The fourth-order valence-corrected chi connectivity index (χ4v) is 3.67. The molecule has 0 saturated carbocycles. The summed E-state index contributed by atoms with van der Waals surface area (Å²) in [6.45, 7) is 4.30. The van der Waals surface area contributed by atoms with E-state index in [0.29, 0.717) is 0 Å². The number of aromatic nitrogens is 2. The van der Waals surface area contributed by atoms with Crippen molar-refractivity contribution < 1.29 is 4.74 Å². The van der Waals surface area contributed by atoms with E-state index in [9.17, 15) is 0 Å². The van der Waals surface area contributed by atoms with Gasteiger partial charge < -0.3 is 9.30 Å². The van der Waals surface area contributed by atoms with E-state index in [4.69, 9.17) is 4.74 Å². The largest absolute Gasteiger partial charge is 0.497 e. The highest BCUT2D eigenvalue weighted by Crippen LogP contribution is 2.29. The van der Waals surface area contributed by atoms with Crippen LogP contribution in [-0.4, -0.2) is 16.7 Å². The number of imidazole rings is 1. The lowest BCUT2D eigenvalue weighted by molar-refractivity contribution is 0.415. The SMILES string of the molecule is COc1ccc(-c2cnc(SCc3cc(C)ccc3C)n2C)cc1. The molecule has 0 amide bonds. The van der Waals surface area contributed by atoms with Gasteiger partial charge >= 0.3 is 0 Å². The zero-order valence-corrected chi connectivity index (χ0v) is 15.4. The van der Waals surface area contributed by atoms with Crippen LogP contribution < -0.4 is 4.74 Å². The van der Waals surface area contributed by atoms with Crippen LogP contribution in [0, 0.1) is 13.8 Å². The molecule has 0 aliphatic carbocycles. The highest BCUT2D eigenvalue weighted by molar-refractivity contribution is 7.98. The quantitative estimate of drug-likeness (QED) is 0.612. The second-order valence-electron chi connectivity index (χ2n) is 5.93. The number of hydrogen-bond acceptors (Lipinski definition) is 3. The number of rotatable bonds is 5. The summed E-state index contributed by atoms with van der Waals surface area (Å²) in [7, 11) is 3.75. The first-order valence-electron chi connectivity index (χ1n) is 7.93. The summed E-state index contributed by atoms with van der Waals surface area (Å²) in [5.74, 6) is 1.80. The fourth-order valence-electron chi connectivity index (χ4n) is 2.65. The third kappa shape index (κ3) is 3.49. The molecule has 0 atom stereocenters. The van der Waals surface area contributed by atoms with Gasteiger partial charge in [-0.25, -0.2) is 4.98 Å². The van der Waals surface area contributed by atoms with Gasteiger partial charge in [0.15, 0.2) is 5.16 Å². The van der Waals surface area contributed by atoms with Crippen LogP contribution in [0.1, 0.15) is 16.7 Å². The first-order chi connectivity index (χ1) is 11.6. The molecule has 3 rings (SSSR count). The average molecular weight is 338 g/mol. The van der Waals surface area contributed by atoms with Crippen LogP contribution in [0.25, 0.3) is 11.3 Å². The van der Waals surface area contributed by atoms with Crippen molar-refractivity contribution in [2.75, 3.05) is 7.11 Å². The number of ether oxygens (including phenoxy) is 1. The Labute approximate surface area is 147 Å². The van der Waals surface area contributed by atoms with E-state index in [2.05, 4.69) is 60.8 Å². The molecule has 0 fully saturated rings. The molecule has 0 N–H and O–H groups in total. The van der Waals surface area contributed by atoms with Crippen LogP contribution in [0.2, 0.25) is 0 Å². The van der Waals surface area contributed by atoms with Gasteiger partial charge in [-0.15, -0.1) is 0 Å². The lowest BCUT2D eigenvalue weighted by Gasteiger charge is -2.09. The van der Waals surface area contributed by atoms with Gasteiger partial charge in [-0.3, -0.25) is 0 Å². The van der Waals surface area contributed by atoms with Gasteiger partial charge in [-0.2, -0.15) is 0 Å². The molecule has 0 unspecified atom stereocenters. The van der Waals surface area contributed by atoms with Crippen LogP contribution in [0.15, 0.2) is 53.8 Å². The maximum absolute atomic E-state index is 5.22. The van der Waals surface area contributed by atoms with Crippen LogP contribution in [0.4, 0.5) is 0 Å². The smallest absolute Gasteiger partial charge is 0.168 e. The van der Waals surface area contributed by atoms with Crippen molar-refractivity contribution in [3.63, 3.8) is 0 Å². The lowest BCUT2D eigenvalue weighted by atomic mass is 10.1. The third-order valence-electron chi connectivity index (χ3n) is 4.19. The minimum atomic E-state index is 0.866. The monoisotopic (exact) mass is 338 g/mol. The second kappa shape index (κ2) is 7.14. The van der Waals surface area contributed by atoms with Gasteiger partial charge in [-0.05, 0) is 49.2 Å². The minimum absolute atomic E-state index is 0.866. The standard InChI is InChI=1S/C20H22N2OS/c1-14-5-6-15(2)17(11-14)13-24-20-21-12-19(22(20)3)16-7-9-18(23-4)10-8-16/h5-12H,13H2,1-4H3. The van der Waals surface area contributed by atoms with Crippen molar-refractivity contribution in [2.45, 2.75) is 24.8 Å². The predicted octanol–water partition coefficient (Wildman–Crippen LogP) is 5.00. The molecule has 0 radical (unpaired) electrons. The molecule has 0 bridgehead atoms. The van der Waals surface area contributed by atoms with Crippen molar-refractivity contribution >= 4 is 11.8 Å². The molecule has 0 spiro atoms. The van der Waals surface area contributed by atoms with Crippen LogP contribution in [0.5, 0.6) is 5.75 Å². The molecule has 0 aliphatic heterocycles. The summed E-state index contributed by atoms with van der Waals surface area (Å²) in [4.78, 5) is 4.60. The predicted molar refractivity (Wildman–Crippen MR) is 101 cm³/mol. The summed E-state index contributed by atoms with van der Waals surface area (Å²) >= 11 is 1.77. The molecular weight excluding hydrogens is 316 g/mol. The summed E-state index contributed by atoms with van der Waals surface area (Å²) in [6.07, 6.45) is 1.94. The van der Waals surface area contributed by atoms with Crippen molar-refractivity contribution in [2.24, 2.45) is 7.05 Å². The van der Waals surface area contributed by atoms with Gasteiger partial charge in [0.1, 0.15) is 5.75 Å². The molecule has 0 saturated heterocycles. The highest BCUT2D eigenvalue weighted by Gasteiger charge is 2.10. The van der Waals surface area contributed by atoms with E-state index in [-0.39, 0.29) is 0 Å². The molecular formula is C20H22N2OS. The number of benzene rings is 2. The Bertz CT molecular complexity index is 837. The van der Waals surface area contributed by atoms with E-state index in [1.807, 2.05) is 18.3 Å². The summed E-state index contributed by atoms with van der Waals surface area (Å²) in [5, 5.41) is 1.03. The number of hydrogen-bond donors (Lipinski definition) is 0. The summed E-state index contributed by atoms with van der Waals surface area (Å²) in [5.41, 5.74) is 6.26. The maximum atomic E-state index is 5.22. The van der Waals surface area contributed by atoms with Crippen LogP contribution >= 0.6 is 11.8 Å². The van der Waals surface area contributed by atoms with Gasteiger partial charge in [0.25, 0.3) is 0 Å². The molecule has 24 heavy (non-hydrogen) atoms. The molecule has 1 aromatic heterocycles. The van der Waals surface area contributed by atoms with Gasteiger partial charge in [0.05, 0.1) is 19.0 Å².